The van der Waals surface area contributed by atoms with Crippen molar-refractivity contribution < 1.29 is 23.8 Å². The first-order chi connectivity index (χ1) is 11.4. The molecule has 1 atom stereocenters. The van der Waals surface area contributed by atoms with E-state index in [4.69, 9.17) is 25.9 Å². The topological polar surface area (TPSA) is 88.8 Å². The summed E-state index contributed by atoms with van der Waals surface area (Å²) in [5, 5.41) is 12.2. The second-order valence-electron chi connectivity index (χ2n) is 5.38. The highest BCUT2D eigenvalue weighted by molar-refractivity contribution is 6.30. The van der Waals surface area contributed by atoms with Gasteiger partial charge in [-0.15, -0.1) is 0 Å². The number of aliphatic carboxylic acids is 1. The molecule has 2 rings (SSSR count). The Morgan fingerprint density at radius 3 is 2.83 bits per heavy atom. The Morgan fingerprint density at radius 1 is 1.42 bits per heavy atom. The molecule has 1 amide bonds. The quantitative estimate of drug-likeness (QED) is 0.800. The molecule has 2 N–H and O–H groups in total. The molecule has 1 aromatic heterocycles. The summed E-state index contributed by atoms with van der Waals surface area (Å²) in [4.78, 5) is 23.1. The number of carbonyl (C=O) groups is 2. The van der Waals surface area contributed by atoms with Crippen LogP contribution in [0.3, 0.4) is 0 Å². The zero-order chi connectivity index (χ0) is 17.7. The monoisotopic (exact) mass is 351 g/mol. The van der Waals surface area contributed by atoms with Crippen molar-refractivity contribution in [2.75, 3.05) is 6.54 Å². The molecule has 128 valence electrons. The number of hydrogen-bond acceptors (Lipinski definition) is 4. The summed E-state index contributed by atoms with van der Waals surface area (Å²) in [6.07, 6.45) is 0.743. The molecule has 0 saturated heterocycles. The van der Waals surface area contributed by atoms with Crippen molar-refractivity contribution in [2.45, 2.75) is 26.4 Å². The summed E-state index contributed by atoms with van der Waals surface area (Å²) >= 11 is 5.89. The summed E-state index contributed by atoms with van der Waals surface area (Å²) in [5.74, 6) is -0.702. The number of furan rings is 1. The first kappa shape index (κ1) is 17.9. The minimum atomic E-state index is -1.06. The van der Waals surface area contributed by atoms with Crippen LogP contribution in [0.1, 0.15) is 28.6 Å². The van der Waals surface area contributed by atoms with E-state index >= 15 is 0 Å². The van der Waals surface area contributed by atoms with Crippen LogP contribution in [0.2, 0.25) is 5.02 Å². The molecule has 0 aliphatic carbocycles. The van der Waals surface area contributed by atoms with Crippen molar-refractivity contribution in [3.63, 3.8) is 0 Å². The lowest BCUT2D eigenvalue weighted by molar-refractivity contribution is -0.136. The first-order valence-electron chi connectivity index (χ1n) is 7.36. The minimum absolute atomic E-state index is 0.140. The Bertz CT molecular complexity index is 740. The van der Waals surface area contributed by atoms with Crippen molar-refractivity contribution in [3.8, 4) is 5.75 Å². The van der Waals surface area contributed by atoms with Crippen molar-refractivity contribution in [1.29, 1.82) is 0 Å². The van der Waals surface area contributed by atoms with Crippen LogP contribution >= 0.6 is 11.6 Å². The van der Waals surface area contributed by atoms with E-state index in [0.29, 0.717) is 16.3 Å². The molecule has 24 heavy (non-hydrogen) atoms. The number of hydrogen-bond donors (Lipinski definition) is 2. The molecule has 1 unspecified atom stereocenters. The van der Waals surface area contributed by atoms with Crippen LogP contribution in [0.15, 0.2) is 34.9 Å². The van der Waals surface area contributed by atoms with Crippen molar-refractivity contribution in [1.82, 2.24) is 5.32 Å². The third kappa shape index (κ3) is 4.76. The molecular formula is C17H18ClNO5. The standard InChI is InChI=1S/C17H18ClNO5/c1-10-9-23-14(7-15(20)21)16(10)17(22)19-8-11(2)24-13-5-3-4-12(18)6-13/h3-6,9,11H,7-8H2,1-2H3,(H,19,22)(H,20,21). The Kier molecular flexibility index (Phi) is 5.87. The van der Waals surface area contributed by atoms with Gasteiger partial charge < -0.3 is 19.6 Å². The molecule has 0 radical (unpaired) electrons. The van der Waals surface area contributed by atoms with Gasteiger partial charge in [0.2, 0.25) is 0 Å². The average Bonchev–Trinajstić information content (AvgIpc) is 2.85. The molecule has 2 aromatic rings. The number of benzene rings is 1. The van der Waals surface area contributed by atoms with Gasteiger partial charge in [-0.25, -0.2) is 0 Å². The Labute approximate surface area is 144 Å². The summed E-state index contributed by atoms with van der Waals surface area (Å²) in [6.45, 7) is 3.75. The molecule has 0 aliphatic rings. The highest BCUT2D eigenvalue weighted by Crippen LogP contribution is 2.19. The molecule has 7 heteroatoms. The lowest BCUT2D eigenvalue weighted by atomic mass is 10.1. The summed E-state index contributed by atoms with van der Waals surface area (Å²) in [5.41, 5.74) is 0.847. The molecule has 0 saturated carbocycles. The van der Waals surface area contributed by atoms with Gasteiger partial charge in [-0.1, -0.05) is 17.7 Å². The van der Waals surface area contributed by atoms with Crippen LogP contribution in [-0.2, 0) is 11.2 Å². The highest BCUT2D eigenvalue weighted by atomic mass is 35.5. The van der Waals surface area contributed by atoms with Gasteiger partial charge >= 0.3 is 5.97 Å². The van der Waals surface area contributed by atoms with E-state index in [9.17, 15) is 9.59 Å². The van der Waals surface area contributed by atoms with Gasteiger partial charge in [0.25, 0.3) is 5.91 Å². The lowest BCUT2D eigenvalue weighted by Gasteiger charge is -2.15. The fourth-order valence-electron chi connectivity index (χ4n) is 2.21. The summed E-state index contributed by atoms with van der Waals surface area (Å²) in [6, 6.07) is 6.98. The maximum atomic E-state index is 12.3. The molecule has 6 nitrogen and oxygen atoms in total. The SMILES string of the molecule is Cc1coc(CC(=O)O)c1C(=O)NCC(C)Oc1cccc(Cl)c1. The molecule has 0 aliphatic heterocycles. The van der Waals surface area contributed by atoms with Crippen molar-refractivity contribution >= 4 is 23.5 Å². The lowest BCUT2D eigenvalue weighted by Crippen LogP contribution is -2.34. The summed E-state index contributed by atoms with van der Waals surface area (Å²) in [7, 11) is 0. The Morgan fingerprint density at radius 2 is 2.17 bits per heavy atom. The molecule has 0 spiro atoms. The van der Waals surface area contributed by atoms with Crippen LogP contribution in [0.25, 0.3) is 0 Å². The number of ether oxygens (including phenoxy) is 1. The van der Waals surface area contributed by atoms with Gasteiger partial charge in [0, 0.05) is 10.6 Å². The smallest absolute Gasteiger partial charge is 0.311 e. The van der Waals surface area contributed by atoms with Gasteiger partial charge in [-0.3, -0.25) is 9.59 Å². The van der Waals surface area contributed by atoms with E-state index in [2.05, 4.69) is 5.32 Å². The van der Waals surface area contributed by atoms with Gasteiger partial charge in [0.1, 0.15) is 24.0 Å². The van der Waals surface area contributed by atoms with Crippen molar-refractivity contribution in [2.24, 2.45) is 0 Å². The average molecular weight is 352 g/mol. The van der Waals surface area contributed by atoms with Gasteiger partial charge in [-0.05, 0) is 32.0 Å². The van der Waals surface area contributed by atoms with Crippen LogP contribution < -0.4 is 10.1 Å². The maximum absolute atomic E-state index is 12.3. The first-order valence-corrected chi connectivity index (χ1v) is 7.73. The number of carbonyl (C=O) groups excluding carboxylic acids is 1. The predicted octanol–water partition coefficient (Wildman–Crippen LogP) is 3.07. The highest BCUT2D eigenvalue weighted by Gasteiger charge is 2.20. The Balaban J connectivity index is 1.95. The molecule has 0 fully saturated rings. The minimum Gasteiger partial charge on any atom is -0.489 e. The largest absolute Gasteiger partial charge is 0.489 e. The van der Waals surface area contributed by atoms with Crippen molar-refractivity contribution in [3.05, 3.63) is 52.4 Å². The van der Waals surface area contributed by atoms with Crippen LogP contribution in [-0.4, -0.2) is 29.6 Å². The van der Waals surface area contributed by atoms with E-state index in [-0.39, 0.29) is 36.3 Å². The van der Waals surface area contributed by atoms with Gasteiger partial charge in [0.05, 0.1) is 18.4 Å². The fraction of sp³-hybridized carbons (Fsp3) is 0.294. The molecule has 0 bridgehead atoms. The van der Waals surface area contributed by atoms with E-state index < -0.39 is 5.97 Å². The normalized spacial score (nSPS) is 11.8. The van der Waals surface area contributed by atoms with E-state index in [1.54, 1.807) is 31.2 Å². The van der Waals surface area contributed by atoms with Crippen LogP contribution in [0.5, 0.6) is 5.75 Å². The number of rotatable bonds is 7. The van der Waals surface area contributed by atoms with E-state index in [1.807, 2.05) is 6.92 Å². The Hall–Kier alpha value is -2.47. The fourth-order valence-corrected chi connectivity index (χ4v) is 2.39. The number of carboxylic acid groups (broad SMARTS) is 1. The second-order valence-corrected chi connectivity index (χ2v) is 5.82. The van der Waals surface area contributed by atoms with Crippen LogP contribution in [0, 0.1) is 6.92 Å². The number of nitrogens with one attached hydrogen (secondary N) is 1. The van der Waals surface area contributed by atoms with Gasteiger partial charge in [-0.2, -0.15) is 0 Å². The molecular weight excluding hydrogens is 334 g/mol. The number of aryl methyl sites for hydroxylation is 1. The number of halogens is 1. The second kappa shape index (κ2) is 7.88. The zero-order valence-electron chi connectivity index (χ0n) is 13.3. The third-order valence-electron chi connectivity index (χ3n) is 3.27. The zero-order valence-corrected chi connectivity index (χ0v) is 14.1. The number of carboxylic acids is 1. The number of amides is 1. The van der Waals surface area contributed by atoms with Crippen LogP contribution in [0.4, 0.5) is 0 Å². The molecule has 1 heterocycles. The van der Waals surface area contributed by atoms with E-state index in [1.165, 1.54) is 6.26 Å². The van der Waals surface area contributed by atoms with E-state index in [0.717, 1.165) is 0 Å². The molecule has 1 aromatic carbocycles. The predicted molar refractivity (Wildman–Crippen MR) is 88.7 cm³/mol. The van der Waals surface area contributed by atoms with Gasteiger partial charge in [0.15, 0.2) is 0 Å². The summed E-state index contributed by atoms with van der Waals surface area (Å²) < 4.78 is 10.8. The maximum Gasteiger partial charge on any atom is 0.311 e. The third-order valence-corrected chi connectivity index (χ3v) is 3.51.